The average molecular weight is 242 g/mol. The topological polar surface area (TPSA) is 65.2 Å². The molecule has 1 aromatic heterocycles. The van der Waals surface area contributed by atoms with E-state index in [-0.39, 0.29) is 12.6 Å². The van der Waals surface area contributed by atoms with Gasteiger partial charge in [-0.25, -0.2) is 4.79 Å². The molecule has 2 aromatic rings. The minimum absolute atomic E-state index is 0.231. The van der Waals surface area contributed by atoms with Gasteiger partial charge in [0.05, 0.1) is 5.56 Å². The molecule has 2 N–H and O–H groups in total. The fourth-order valence-electron chi connectivity index (χ4n) is 1.64. The molecular weight excluding hydrogens is 228 g/mol. The van der Waals surface area contributed by atoms with Crippen LogP contribution in [0.5, 0.6) is 0 Å². The van der Waals surface area contributed by atoms with E-state index in [4.69, 9.17) is 10.5 Å². The summed E-state index contributed by atoms with van der Waals surface area (Å²) in [4.78, 5) is 15.7. The summed E-state index contributed by atoms with van der Waals surface area (Å²) in [6, 6.07) is 8.78. The second-order valence-electron chi connectivity index (χ2n) is 4.06. The molecule has 0 radical (unpaired) electrons. The summed E-state index contributed by atoms with van der Waals surface area (Å²) in [6.07, 6.45) is 3.32. The number of anilines is 1. The molecule has 1 heterocycles. The first-order chi connectivity index (χ1) is 8.65. The van der Waals surface area contributed by atoms with Gasteiger partial charge in [0, 0.05) is 18.1 Å². The van der Waals surface area contributed by atoms with Gasteiger partial charge in [0.25, 0.3) is 0 Å². The highest BCUT2D eigenvalue weighted by atomic mass is 16.5. The van der Waals surface area contributed by atoms with Gasteiger partial charge in [0.15, 0.2) is 0 Å². The summed E-state index contributed by atoms with van der Waals surface area (Å²) >= 11 is 0. The molecule has 0 fully saturated rings. The average Bonchev–Trinajstić information content (AvgIpc) is 2.36. The van der Waals surface area contributed by atoms with Crippen LogP contribution in [0, 0.1) is 6.92 Å². The zero-order valence-corrected chi connectivity index (χ0v) is 10.1. The van der Waals surface area contributed by atoms with Crippen LogP contribution in [0.15, 0.2) is 42.7 Å². The first-order valence-electron chi connectivity index (χ1n) is 5.58. The van der Waals surface area contributed by atoms with Gasteiger partial charge in [-0.1, -0.05) is 0 Å². The van der Waals surface area contributed by atoms with Crippen LogP contribution in [0.1, 0.15) is 21.5 Å². The standard InChI is InChI=1S/C14H14N2O2/c1-10-6-12(8-13(15)7-10)14(17)18-9-11-2-4-16-5-3-11/h2-8H,9,15H2,1H3. The Labute approximate surface area is 105 Å². The van der Waals surface area contributed by atoms with Crippen LogP contribution >= 0.6 is 0 Å². The minimum atomic E-state index is -0.373. The van der Waals surface area contributed by atoms with E-state index >= 15 is 0 Å². The summed E-state index contributed by atoms with van der Waals surface area (Å²) in [5, 5.41) is 0. The number of hydrogen-bond donors (Lipinski definition) is 1. The zero-order chi connectivity index (χ0) is 13.0. The Hall–Kier alpha value is -2.36. The Kier molecular flexibility index (Phi) is 3.57. The van der Waals surface area contributed by atoms with Crippen molar-refractivity contribution < 1.29 is 9.53 Å². The monoisotopic (exact) mass is 242 g/mol. The Morgan fingerprint density at radius 3 is 2.67 bits per heavy atom. The van der Waals surface area contributed by atoms with Crippen LogP contribution in [0.4, 0.5) is 5.69 Å². The zero-order valence-electron chi connectivity index (χ0n) is 10.1. The number of aromatic nitrogens is 1. The highest BCUT2D eigenvalue weighted by Gasteiger charge is 2.08. The maximum Gasteiger partial charge on any atom is 0.338 e. The van der Waals surface area contributed by atoms with Crippen molar-refractivity contribution in [1.29, 1.82) is 0 Å². The Morgan fingerprint density at radius 1 is 1.28 bits per heavy atom. The lowest BCUT2D eigenvalue weighted by Crippen LogP contribution is -2.06. The van der Waals surface area contributed by atoms with Crippen molar-refractivity contribution in [3.05, 3.63) is 59.4 Å². The van der Waals surface area contributed by atoms with Crippen molar-refractivity contribution in [2.45, 2.75) is 13.5 Å². The molecule has 0 saturated carbocycles. The number of carbonyl (C=O) groups is 1. The van der Waals surface area contributed by atoms with Crippen LogP contribution in [-0.2, 0) is 11.3 Å². The largest absolute Gasteiger partial charge is 0.457 e. The summed E-state index contributed by atoms with van der Waals surface area (Å²) in [7, 11) is 0. The van der Waals surface area contributed by atoms with Gasteiger partial charge in [0.2, 0.25) is 0 Å². The molecule has 0 spiro atoms. The highest BCUT2D eigenvalue weighted by Crippen LogP contribution is 2.13. The van der Waals surface area contributed by atoms with E-state index < -0.39 is 0 Å². The predicted molar refractivity (Wildman–Crippen MR) is 68.9 cm³/mol. The number of ether oxygens (including phenoxy) is 1. The second-order valence-corrected chi connectivity index (χ2v) is 4.06. The maximum atomic E-state index is 11.8. The van der Waals surface area contributed by atoms with Crippen LogP contribution < -0.4 is 5.73 Å². The van der Waals surface area contributed by atoms with Crippen molar-refractivity contribution >= 4 is 11.7 Å². The third-order valence-electron chi connectivity index (χ3n) is 2.45. The molecule has 92 valence electrons. The van der Waals surface area contributed by atoms with Crippen molar-refractivity contribution in [3.8, 4) is 0 Å². The van der Waals surface area contributed by atoms with E-state index in [1.54, 1.807) is 42.7 Å². The van der Waals surface area contributed by atoms with E-state index in [1.165, 1.54) is 0 Å². The van der Waals surface area contributed by atoms with Crippen LogP contribution in [0.3, 0.4) is 0 Å². The summed E-state index contributed by atoms with van der Waals surface area (Å²) < 4.78 is 5.20. The first kappa shape index (κ1) is 12.1. The van der Waals surface area contributed by atoms with Crippen LogP contribution in [0.2, 0.25) is 0 Å². The minimum Gasteiger partial charge on any atom is -0.457 e. The van der Waals surface area contributed by atoms with Gasteiger partial charge in [-0.3, -0.25) is 4.98 Å². The van der Waals surface area contributed by atoms with E-state index in [0.29, 0.717) is 11.3 Å². The molecule has 1 aromatic carbocycles. The molecule has 0 atom stereocenters. The molecule has 4 nitrogen and oxygen atoms in total. The summed E-state index contributed by atoms with van der Waals surface area (Å²) in [5.41, 5.74) is 8.56. The second kappa shape index (κ2) is 5.31. The van der Waals surface area contributed by atoms with Crippen molar-refractivity contribution in [1.82, 2.24) is 4.98 Å². The van der Waals surface area contributed by atoms with Gasteiger partial charge in [0.1, 0.15) is 6.61 Å². The summed E-state index contributed by atoms with van der Waals surface area (Å²) in [6.45, 7) is 2.12. The predicted octanol–water partition coefficient (Wildman–Crippen LogP) is 2.33. The third-order valence-corrected chi connectivity index (χ3v) is 2.45. The number of nitrogens with two attached hydrogens (primary N) is 1. The lowest BCUT2D eigenvalue weighted by atomic mass is 10.1. The molecule has 0 aliphatic rings. The number of rotatable bonds is 3. The molecule has 2 rings (SSSR count). The molecule has 0 unspecified atom stereocenters. The number of esters is 1. The number of aryl methyl sites for hydroxylation is 1. The van der Waals surface area contributed by atoms with E-state index in [1.807, 2.05) is 6.92 Å². The Balaban J connectivity index is 2.04. The van der Waals surface area contributed by atoms with Gasteiger partial charge in [-0.15, -0.1) is 0 Å². The molecule has 0 saturated heterocycles. The smallest absolute Gasteiger partial charge is 0.338 e. The fraction of sp³-hybridized carbons (Fsp3) is 0.143. The first-order valence-corrected chi connectivity index (χ1v) is 5.58. The van der Waals surface area contributed by atoms with Gasteiger partial charge in [-0.2, -0.15) is 0 Å². The van der Waals surface area contributed by atoms with Crippen molar-refractivity contribution in [3.63, 3.8) is 0 Å². The lowest BCUT2D eigenvalue weighted by molar-refractivity contribution is 0.0472. The van der Waals surface area contributed by atoms with Gasteiger partial charge in [-0.05, 0) is 48.4 Å². The van der Waals surface area contributed by atoms with Crippen LogP contribution in [0.25, 0.3) is 0 Å². The molecular formula is C14H14N2O2. The Morgan fingerprint density at radius 2 is 2.00 bits per heavy atom. The van der Waals surface area contributed by atoms with Gasteiger partial charge < -0.3 is 10.5 Å². The number of nitrogen functional groups attached to an aromatic ring is 1. The highest BCUT2D eigenvalue weighted by molar-refractivity contribution is 5.90. The summed E-state index contributed by atoms with van der Waals surface area (Å²) in [5.74, 6) is -0.373. The quantitative estimate of drug-likeness (QED) is 0.662. The SMILES string of the molecule is Cc1cc(N)cc(C(=O)OCc2ccncc2)c1. The fourth-order valence-corrected chi connectivity index (χ4v) is 1.64. The molecule has 0 aliphatic carbocycles. The van der Waals surface area contributed by atoms with E-state index in [9.17, 15) is 4.79 Å². The number of hydrogen-bond acceptors (Lipinski definition) is 4. The third kappa shape index (κ3) is 3.07. The van der Waals surface area contributed by atoms with Crippen molar-refractivity contribution in [2.24, 2.45) is 0 Å². The number of nitrogens with zero attached hydrogens (tertiary/aromatic N) is 1. The number of benzene rings is 1. The number of carbonyl (C=O) groups excluding carboxylic acids is 1. The normalized spacial score (nSPS) is 10.1. The molecule has 0 bridgehead atoms. The Bertz CT molecular complexity index is 533. The van der Waals surface area contributed by atoms with E-state index in [2.05, 4.69) is 4.98 Å². The van der Waals surface area contributed by atoms with Gasteiger partial charge >= 0.3 is 5.97 Å². The van der Waals surface area contributed by atoms with Crippen molar-refractivity contribution in [2.75, 3.05) is 5.73 Å². The lowest BCUT2D eigenvalue weighted by Gasteiger charge is -2.06. The molecule has 18 heavy (non-hydrogen) atoms. The molecule has 0 aliphatic heterocycles. The van der Waals surface area contributed by atoms with E-state index in [0.717, 1.165) is 11.1 Å². The van der Waals surface area contributed by atoms with Crippen LogP contribution in [-0.4, -0.2) is 11.0 Å². The maximum absolute atomic E-state index is 11.8. The number of pyridine rings is 1. The molecule has 4 heteroatoms. The molecule has 0 amide bonds.